The molecule has 1 N–H and O–H groups in total. The third-order valence-electron chi connectivity index (χ3n) is 3.69. The van der Waals surface area contributed by atoms with Crippen LogP contribution in [0.5, 0.6) is 11.5 Å². The molecule has 2 heterocycles. The highest BCUT2D eigenvalue weighted by Crippen LogP contribution is 2.28. The normalized spacial score (nSPS) is 11.9. The molecule has 136 valence electrons. The predicted octanol–water partition coefficient (Wildman–Crippen LogP) is 3.75. The quantitative estimate of drug-likeness (QED) is 0.629. The zero-order valence-corrected chi connectivity index (χ0v) is 15.2. The van der Waals surface area contributed by atoms with Crippen molar-refractivity contribution in [3.8, 4) is 22.3 Å². The number of methoxy groups -OCH3 is 1. The standard InChI is InChI=1S/C18H18N2O5S/c1-11(17-19-20-18(25-17)15-4-3-9-26-15)24-16(22)8-6-12-5-7-14(23-2)13(21)10-12/h3-5,7,9-11,21H,6,8H2,1-2H3. The minimum atomic E-state index is -0.631. The van der Waals surface area contributed by atoms with Crippen molar-refractivity contribution in [2.75, 3.05) is 7.11 Å². The summed E-state index contributed by atoms with van der Waals surface area (Å²) in [6, 6.07) is 8.79. The number of carbonyl (C=O) groups is 1. The minimum absolute atomic E-state index is 0.0405. The van der Waals surface area contributed by atoms with Gasteiger partial charge in [-0.25, -0.2) is 0 Å². The zero-order chi connectivity index (χ0) is 18.5. The van der Waals surface area contributed by atoms with E-state index < -0.39 is 6.10 Å². The Kier molecular flexibility index (Phi) is 5.52. The van der Waals surface area contributed by atoms with E-state index in [1.54, 1.807) is 25.1 Å². The molecule has 0 bridgehead atoms. The SMILES string of the molecule is COc1ccc(CCC(=O)OC(C)c2nnc(-c3cccs3)o2)cc1O. The summed E-state index contributed by atoms with van der Waals surface area (Å²) in [6.45, 7) is 1.68. The van der Waals surface area contributed by atoms with Gasteiger partial charge in [-0.2, -0.15) is 0 Å². The number of phenols is 1. The van der Waals surface area contributed by atoms with Gasteiger partial charge in [0.25, 0.3) is 11.8 Å². The van der Waals surface area contributed by atoms with Gasteiger partial charge in [0, 0.05) is 6.42 Å². The third kappa shape index (κ3) is 4.20. The number of benzene rings is 1. The number of carbonyl (C=O) groups excluding carboxylic acids is 1. The summed E-state index contributed by atoms with van der Waals surface area (Å²) in [5.41, 5.74) is 0.811. The van der Waals surface area contributed by atoms with Gasteiger partial charge in [0.1, 0.15) is 0 Å². The van der Waals surface area contributed by atoms with Crippen LogP contribution in [-0.2, 0) is 16.0 Å². The molecule has 0 spiro atoms. The molecule has 3 rings (SSSR count). The number of thiophene rings is 1. The maximum Gasteiger partial charge on any atom is 0.306 e. The van der Waals surface area contributed by atoms with Crippen LogP contribution in [0.1, 0.15) is 30.9 Å². The van der Waals surface area contributed by atoms with Gasteiger partial charge in [0.15, 0.2) is 17.6 Å². The number of aromatic nitrogens is 2. The molecule has 0 radical (unpaired) electrons. The molecule has 0 aliphatic rings. The minimum Gasteiger partial charge on any atom is -0.504 e. The smallest absolute Gasteiger partial charge is 0.306 e. The van der Waals surface area contributed by atoms with Crippen LogP contribution >= 0.6 is 11.3 Å². The summed E-state index contributed by atoms with van der Waals surface area (Å²) in [6.07, 6.45) is -0.0249. The molecule has 3 aromatic rings. The van der Waals surface area contributed by atoms with Crippen molar-refractivity contribution in [1.82, 2.24) is 10.2 Å². The zero-order valence-electron chi connectivity index (χ0n) is 14.3. The molecule has 0 amide bonds. The fourth-order valence-electron chi connectivity index (χ4n) is 2.34. The van der Waals surface area contributed by atoms with Gasteiger partial charge in [0.05, 0.1) is 12.0 Å². The Hall–Kier alpha value is -2.87. The van der Waals surface area contributed by atoms with Crippen molar-refractivity contribution in [2.24, 2.45) is 0 Å². The fourth-order valence-corrected chi connectivity index (χ4v) is 2.99. The third-order valence-corrected chi connectivity index (χ3v) is 4.55. The van der Waals surface area contributed by atoms with E-state index in [-0.39, 0.29) is 24.0 Å². The van der Waals surface area contributed by atoms with Crippen LogP contribution in [0.15, 0.2) is 40.1 Å². The topological polar surface area (TPSA) is 94.7 Å². The molecule has 0 saturated carbocycles. The molecule has 0 aliphatic heterocycles. The predicted molar refractivity (Wildman–Crippen MR) is 95.1 cm³/mol. The summed E-state index contributed by atoms with van der Waals surface area (Å²) < 4.78 is 15.9. The lowest BCUT2D eigenvalue weighted by Gasteiger charge is -2.10. The Bertz CT molecular complexity index is 876. The molecule has 0 aliphatic carbocycles. The van der Waals surface area contributed by atoms with Crippen LogP contribution in [0.25, 0.3) is 10.8 Å². The lowest BCUT2D eigenvalue weighted by molar-refractivity contribution is -0.149. The molecule has 1 aromatic carbocycles. The Labute approximate surface area is 154 Å². The summed E-state index contributed by atoms with van der Waals surface area (Å²) in [7, 11) is 1.48. The summed E-state index contributed by atoms with van der Waals surface area (Å²) >= 11 is 1.49. The largest absolute Gasteiger partial charge is 0.504 e. The molecule has 1 unspecified atom stereocenters. The molecule has 7 nitrogen and oxygen atoms in total. The molecule has 26 heavy (non-hydrogen) atoms. The molecule has 8 heteroatoms. The van der Waals surface area contributed by atoms with Crippen LogP contribution in [0.3, 0.4) is 0 Å². The second-order valence-corrected chi connectivity index (χ2v) is 6.51. The van der Waals surface area contributed by atoms with Crippen LogP contribution in [0.2, 0.25) is 0 Å². The van der Waals surface area contributed by atoms with Crippen molar-refractivity contribution in [2.45, 2.75) is 25.9 Å². The van der Waals surface area contributed by atoms with E-state index in [0.717, 1.165) is 10.4 Å². The van der Waals surface area contributed by atoms with E-state index in [9.17, 15) is 9.90 Å². The van der Waals surface area contributed by atoms with E-state index >= 15 is 0 Å². The van der Waals surface area contributed by atoms with E-state index in [0.29, 0.717) is 18.1 Å². The number of hydrogen-bond donors (Lipinski definition) is 1. The van der Waals surface area contributed by atoms with Crippen LogP contribution < -0.4 is 4.74 Å². The first-order chi connectivity index (χ1) is 12.6. The number of aryl methyl sites for hydroxylation is 1. The van der Waals surface area contributed by atoms with Crippen LogP contribution in [0.4, 0.5) is 0 Å². The second kappa shape index (κ2) is 8.01. The van der Waals surface area contributed by atoms with Crippen LogP contribution in [0, 0.1) is 0 Å². The summed E-state index contributed by atoms with van der Waals surface area (Å²) in [5.74, 6) is 0.709. The van der Waals surface area contributed by atoms with E-state index in [1.807, 2.05) is 17.5 Å². The highest BCUT2D eigenvalue weighted by Gasteiger charge is 2.19. The molecular formula is C18H18N2O5S. The lowest BCUT2D eigenvalue weighted by atomic mass is 10.1. The second-order valence-electron chi connectivity index (χ2n) is 5.56. The molecular weight excluding hydrogens is 356 g/mol. The van der Waals surface area contributed by atoms with Gasteiger partial charge in [-0.1, -0.05) is 12.1 Å². The van der Waals surface area contributed by atoms with Crippen molar-refractivity contribution in [3.05, 3.63) is 47.2 Å². The van der Waals surface area contributed by atoms with Crippen molar-refractivity contribution in [1.29, 1.82) is 0 Å². The summed E-state index contributed by atoms with van der Waals surface area (Å²) in [4.78, 5) is 12.9. The van der Waals surface area contributed by atoms with Gasteiger partial charge in [-0.05, 0) is 42.5 Å². The number of hydrogen-bond acceptors (Lipinski definition) is 8. The number of nitrogens with zero attached hydrogens (tertiary/aromatic N) is 2. The Morgan fingerprint density at radius 2 is 2.19 bits per heavy atom. The molecule has 2 aromatic heterocycles. The average molecular weight is 374 g/mol. The van der Waals surface area contributed by atoms with E-state index in [2.05, 4.69) is 10.2 Å². The number of phenolic OH excluding ortho intramolecular Hbond substituents is 1. The summed E-state index contributed by atoms with van der Waals surface area (Å²) in [5, 5.41) is 19.6. The molecule has 1 atom stereocenters. The average Bonchev–Trinajstić information content (AvgIpc) is 3.31. The van der Waals surface area contributed by atoms with Gasteiger partial charge >= 0.3 is 5.97 Å². The number of ether oxygens (including phenoxy) is 2. The number of rotatable bonds is 7. The van der Waals surface area contributed by atoms with Gasteiger partial charge < -0.3 is 19.0 Å². The number of aromatic hydroxyl groups is 1. The maximum absolute atomic E-state index is 12.0. The van der Waals surface area contributed by atoms with Crippen LogP contribution in [-0.4, -0.2) is 28.4 Å². The molecule has 0 fully saturated rings. The van der Waals surface area contributed by atoms with Crippen molar-refractivity contribution >= 4 is 17.3 Å². The first-order valence-corrected chi connectivity index (χ1v) is 8.87. The highest BCUT2D eigenvalue weighted by atomic mass is 32.1. The first kappa shape index (κ1) is 17.9. The van der Waals surface area contributed by atoms with Gasteiger partial charge in [0.2, 0.25) is 0 Å². The number of esters is 1. The molecule has 0 saturated heterocycles. The first-order valence-electron chi connectivity index (χ1n) is 7.99. The maximum atomic E-state index is 12.0. The van der Waals surface area contributed by atoms with Crippen molar-refractivity contribution in [3.63, 3.8) is 0 Å². The van der Waals surface area contributed by atoms with E-state index in [1.165, 1.54) is 18.4 Å². The highest BCUT2D eigenvalue weighted by molar-refractivity contribution is 7.13. The van der Waals surface area contributed by atoms with Gasteiger partial charge in [-0.3, -0.25) is 4.79 Å². The monoisotopic (exact) mass is 374 g/mol. The Balaban J connectivity index is 1.54. The lowest BCUT2D eigenvalue weighted by Crippen LogP contribution is -2.10. The van der Waals surface area contributed by atoms with Gasteiger partial charge in [-0.15, -0.1) is 21.5 Å². The van der Waals surface area contributed by atoms with E-state index in [4.69, 9.17) is 13.9 Å². The Morgan fingerprint density at radius 1 is 1.35 bits per heavy atom. The van der Waals surface area contributed by atoms with Crippen molar-refractivity contribution < 1.29 is 23.8 Å². The Morgan fingerprint density at radius 3 is 2.88 bits per heavy atom. The fraction of sp³-hybridized carbons (Fsp3) is 0.278.